The van der Waals surface area contributed by atoms with Gasteiger partial charge in [0.25, 0.3) is 5.91 Å². The molecule has 5 nitrogen and oxygen atoms in total. The minimum absolute atomic E-state index is 0.157. The molecule has 2 aromatic heterocycles. The Balaban J connectivity index is 1.42. The van der Waals surface area contributed by atoms with Crippen molar-refractivity contribution >= 4 is 73.9 Å². The number of carbonyl (C=O) groups excluding carboxylic acids is 1. The minimum Gasteiger partial charge on any atom is -0.467 e. The van der Waals surface area contributed by atoms with Crippen LogP contribution in [0, 0.1) is 0 Å². The number of benzene rings is 2. The highest BCUT2D eigenvalue weighted by molar-refractivity contribution is 9.10. The first kappa shape index (κ1) is 23.1. The highest BCUT2D eigenvalue weighted by Gasteiger charge is 2.34. The Morgan fingerprint density at radius 1 is 1.09 bits per heavy atom. The average molecular weight is 572 g/mol. The fourth-order valence-electron chi connectivity index (χ4n) is 3.15. The van der Waals surface area contributed by atoms with E-state index in [9.17, 15) is 4.79 Å². The zero-order valence-electron chi connectivity index (χ0n) is 17.5. The molecule has 1 fully saturated rings. The van der Waals surface area contributed by atoms with Gasteiger partial charge in [0.05, 0.1) is 27.9 Å². The van der Waals surface area contributed by atoms with Gasteiger partial charge < -0.3 is 8.83 Å². The second-order valence-electron chi connectivity index (χ2n) is 7.15. The van der Waals surface area contributed by atoms with Gasteiger partial charge in [-0.15, -0.1) is 0 Å². The molecule has 1 aliphatic heterocycles. The van der Waals surface area contributed by atoms with Crippen LogP contribution in [0.1, 0.15) is 11.5 Å². The number of amidine groups is 1. The van der Waals surface area contributed by atoms with E-state index < -0.39 is 0 Å². The number of rotatable bonds is 6. The van der Waals surface area contributed by atoms with Crippen molar-refractivity contribution in [2.24, 2.45) is 4.99 Å². The van der Waals surface area contributed by atoms with Crippen LogP contribution in [-0.4, -0.2) is 16.0 Å². The maximum Gasteiger partial charge on any atom is 0.267 e. The van der Waals surface area contributed by atoms with E-state index in [1.54, 1.807) is 23.3 Å². The highest BCUT2D eigenvalue weighted by atomic mass is 79.9. The number of hydrogen-bond acceptors (Lipinski definition) is 6. The molecule has 0 spiro atoms. The highest BCUT2D eigenvalue weighted by Crippen LogP contribution is 2.39. The first-order valence-corrected chi connectivity index (χ1v) is 13.0. The summed E-state index contributed by atoms with van der Waals surface area (Å²) in [6.45, 7) is 0.293. The van der Waals surface area contributed by atoms with Gasteiger partial charge in [0, 0.05) is 16.0 Å². The summed E-state index contributed by atoms with van der Waals surface area (Å²) < 4.78 is 12.3. The van der Waals surface area contributed by atoms with Crippen molar-refractivity contribution in [1.29, 1.82) is 0 Å². The molecular weight excluding hydrogens is 556 g/mol. The lowest BCUT2D eigenvalue weighted by Crippen LogP contribution is -2.28. The number of thioether (sulfide) groups is 1. The zero-order chi connectivity index (χ0) is 23.5. The molecule has 34 heavy (non-hydrogen) atoms. The first-order chi connectivity index (χ1) is 16.5. The topological polar surface area (TPSA) is 59.0 Å². The van der Waals surface area contributed by atoms with Gasteiger partial charge in [0.2, 0.25) is 0 Å². The Labute approximate surface area is 218 Å². The number of para-hydroxylation sites is 1. The maximum atomic E-state index is 13.3. The Morgan fingerprint density at radius 2 is 1.88 bits per heavy atom. The van der Waals surface area contributed by atoms with E-state index in [1.807, 2.05) is 66.7 Å². The summed E-state index contributed by atoms with van der Waals surface area (Å²) in [6, 6.07) is 22.5. The summed E-state index contributed by atoms with van der Waals surface area (Å²) in [4.78, 5) is 21.1. The quantitative estimate of drug-likeness (QED) is 0.218. The van der Waals surface area contributed by atoms with Crippen molar-refractivity contribution in [1.82, 2.24) is 4.90 Å². The maximum absolute atomic E-state index is 13.3. The molecule has 4 aromatic rings. The Bertz CT molecular complexity index is 1370. The second-order valence-corrected chi connectivity index (χ2v) is 10.5. The third-order valence-electron chi connectivity index (χ3n) is 4.74. The number of amides is 1. The zero-order valence-corrected chi connectivity index (χ0v) is 21.5. The van der Waals surface area contributed by atoms with Crippen LogP contribution in [0.4, 0.5) is 5.69 Å². The van der Waals surface area contributed by atoms with E-state index in [2.05, 4.69) is 15.9 Å². The van der Waals surface area contributed by atoms with E-state index in [4.69, 9.17) is 25.4 Å². The molecule has 0 saturated carbocycles. The van der Waals surface area contributed by atoms with E-state index in [0.29, 0.717) is 38.3 Å². The summed E-state index contributed by atoms with van der Waals surface area (Å²) in [5, 5.41) is 1.95. The lowest BCUT2D eigenvalue weighted by atomic mass is 10.3. The fraction of sp³-hybridized carbons (Fsp3) is 0.0400. The van der Waals surface area contributed by atoms with Crippen molar-refractivity contribution in [2.75, 3.05) is 0 Å². The molecular formula is C25H16BrClN2O3S2. The standard InChI is InChI=1S/C25H16BrClN2O3S2/c26-21-13-19(32-24(21)33-20-10-8-16(27)9-11-20)14-22-23(30)29(15-18-7-4-12-31-18)25(34-22)28-17-5-2-1-3-6-17/h1-14H,15H2. The summed E-state index contributed by atoms with van der Waals surface area (Å²) in [5.41, 5.74) is 0.769. The van der Waals surface area contributed by atoms with Gasteiger partial charge in [-0.3, -0.25) is 9.69 Å². The molecule has 0 radical (unpaired) electrons. The van der Waals surface area contributed by atoms with Crippen LogP contribution in [0.2, 0.25) is 5.02 Å². The Kier molecular flexibility index (Phi) is 7.01. The van der Waals surface area contributed by atoms with Crippen molar-refractivity contribution in [3.05, 3.63) is 105 Å². The van der Waals surface area contributed by atoms with Gasteiger partial charge >= 0.3 is 0 Å². The van der Waals surface area contributed by atoms with E-state index in [1.165, 1.54) is 23.5 Å². The molecule has 2 aromatic carbocycles. The van der Waals surface area contributed by atoms with Gasteiger partial charge in [0.15, 0.2) is 10.3 Å². The smallest absolute Gasteiger partial charge is 0.267 e. The lowest BCUT2D eigenvalue weighted by Gasteiger charge is -2.13. The van der Waals surface area contributed by atoms with Crippen LogP contribution in [-0.2, 0) is 11.3 Å². The molecule has 1 saturated heterocycles. The number of carbonyl (C=O) groups is 1. The lowest BCUT2D eigenvalue weighted by molar-refractivity contribution is -0.122. The Hall–Kier alpha value is -2.65. The normalized spacial score (nSPS) is 16.2. The van der Waals surface area contributed by atoms with Crippen molar-refractivity contribution in [3.8, 4) is 0 Å². The molecule has 0 N–H and O–H groups in total. The van der Waals surface area contributed by atoms with Crippen molar-refractivity contribution in [2.45, 2.75) is 16.5 Å². The van der Waals surface area contributed by atoms with Gasteiger partial charge in [0.1, 0.15) is 11.5 Å². The van der Waals surface area contributed by atoms with Crippen LogP contribution < -0.4 is 0 Å². The predicted octanol–water partition coefficient (Wildman–Crippen LogP) is 8.24. The third kappa shape index (κ3) is 5.36. The number of aliphatic imine (C=N–C) groups is 1. The van der Waals surface area contributed by atoms with E-state index in [0.717, 1.165) is 15.1 Å². The van der Waals surface area contributed by atoms with E-state index in [-0.39, 0.29) is 5.91 Å². The van der Waals surface area contributed by atoms with Crippen molar-refractivity contribution in [3.63, 3.8) is 0 Å². The minimum atomic E-state index is -0.157. The van der Waals surface area contributed by atoms with Crippen LogP contribution >= 0.6 is 51.1 Å². The summed E-state index contributed by atoms with van der Waals surface area (Å²) in [5.74, 6) is 1.09. The molecule has 0 unspecified atom stereocenters. The van der Waals surface area contributed by atoms with Crippen LogP contribution in [0.25, 0.3) is 6.08 Å². The molecule has 170 valence electrons. The monoisotopic (exact) mass is 570 g/mol. The largest absolute Gasteiger partial charge is 0.467 e. The molecule has 0 bridgehead atoms. The molecule has 1 amide bonds. The number of halogens is 2. The first-order valence-electron chi connectivity index (χ1n) is 10.2. The van der Waals surface area contributed by atoms with E-state index >= 15 is 0 Å². The molecule has 3 heterocycles. The van der Waals surface area contributed by atoms with Crippen LogP contribution in [0.3, 0.4) is 0 Å². The number of nitrogens with zero attached hydrogens (tertiary/aromatic N) is 2. The summed E-state index contributed by atoms with van der Waals surface area (Å²) in [6.07, 6.45) is 3.33. The molecule has 0 aliphatic carbocycles. The van der Waals surface area contributed by atoms with Gasteiger partial charge in [-0.1, -0.05) is 41.6 Å². The summed E-state index contributed by atoms with van der Waals surface area (Å²) >= 11 is 12.3. The van der Waals surface area contributed by atoms with Gasteiger partial charge in [-0.05, 0) is 82.3 Å². The molecule has 9 heteroatoms. The Morgan fingerprint density at radius 3 is 2.62 bits per heavy atom. The summed E-state index contributed by atoms with van der Waals surface area (Å²) in [7, 11) is 0. The van der Waals surface area contributed by atoms with Gasteiger partial charge in [-0.2, -0.15) is 0 Å². The van der Waals surface area contributed by atoms with Crippen LogP contribution in [0.5, 0.6) is 0 Å². The molecule has 0 atom stereocenters. The third-order valence-corrected chi connectivity index (χ3v) is 7.84. The number of furan rings is 2. The molecule has 5 rings (SSSR count). The number of hydrogen-bond donors (Lipinski definition) is 0. The fourth-order valence-corrected chi connectivity index (χ4v) is 5.58. The average Bonchev–Trinajstić information content (AvgIpc) is 3.54. The predicted molar refractivity (Wildman–Crippen MR) is 140 cm³/mol. The van der Waals surface area contributed by atoms with Crippen LogP contribution in [0.15, 0.2) is 112 Å². The van der Waals surface area contributed by atoms with Gasteiger partial charge in [-0.25, -0.2) is 4.99 Å². The molecule has 1 aliphatic rings. The van der Waals surface area contributed by atoms with Crippen molar-refractivity contribution < 1.29 is 13.6 Å². The SMILES string of the molecule is O=C1C(=Cc2cc(Br)c(Sc3ccc(Cl)cc3)o2)SC(=Nc2ccccc2)N1Cc1ccco1. The second kappa shape index (κ2) is 10.3.